The maximum atomic E-state index is 3.88. The van der Waals surface area contributed by atoms with Crippen molar-refractivity contribution >= 4 is 12.4 Å². The Kier molecular flexibility index (Phi) is 4.73. The van der Waals surface area contributed by atoms with E-state index in [1.165, 1.54) is 0 Å². The zero-order chi connectivity index (χ0) is 10.9. The van der Waals surface area contributed by atoms with Crippen molar-refractivity contribution in [1.82, 2.24) is 9.47 Å². The first kappa shape index (κ1) is 11.0. The molecule has 0 spiro atoms. The molecule has 15 heavy (non-hydrogen) atoms. The van der Waals surface area contributed by atoms with E-state index >= 15 is 0 Å². The molecule has 1 aliphatic heterocycles. The molecule has 0 amide bonds. The number of aliphatic imine (C=N–C) groups is 1. The molecule has 0 aliphatic carbocycles. The molecule has 1 aliphatic rings. The normalized spacial score (nSPS) is 12.9. The Morgan fingerprint density at radius 3 is 2.20 bits per heavy atom. The van der Waals surface area contributed by atoms with Gasteiger partial charge in [0.2, 0.25) is 0 Å². The molecule has 0 N–H and O–H groups in total. The lowest BCUT2D eigenvalue weighted by atomic mass is 10.5. The van der Waals surface area contributed by atoms with E-state index in [0.717, 1.165) is 6.54 Å². The highest BCUT2D eigenvalue weighted by molar-refractivity contribution is 5.61. The number of rotatable bonds is 2. The van der Waals surface area contributed by atoms with Gasteiger partial charge in [-0.3, -0.25) is 4.99 Å². The summed E-state index contributed by atoms with van der Waals surface area (Å²) in [6.07, 6.45) is 12.8. The Labute approximate surface area is 90.4 Å². The molecular weight excluding hydrogens is 186 g/mol. The molecule has 2 heterocycles. The molecule has 3 nitrogen and oxygen atoms in total. The number of nitrogens with zero attached hydrogens (tertiary/aromatic N) is 3. The van der Waals surface area contributed by atoms with Gasteiger partial charge in [-0.25, -0.2) is 0 Å². The predicted octanol–water partition coefficient (Wildman–Crippen LogP) is 2.58. The Morgan fingerprint density at radius 1 is 1.13 bits per heavy atom. The minimum Gasteiger partial charge on any atom is -0.348 e. The summed E-state index contributed by atoms with van der Waals surface area (Å²) >= 11 is 0. The van der Waals surface area contributed by atoms with Crippen molar-refractivity contribution in [3.8, 4) is 0 Å². The number of hydrogen-bond donors (Lipinski definition) is 0. The topological polar surface area (TPSA) is 20.5 Å². The molecule has 1 aromatic heterocycles. The van der Waals surface area contributed by atoms with Crippen LogP contribution in [0.15, 0.2) is 61.3 Å². The number of aromatic nitrogens is 1. The second-order valence-electron chi connectivity index (χ2n) is 2.82. The van der Waals surface area contributed by atoms with Gasteiger partial charge in [-0.1, -0.05) is 13.2 Å². The van der Waals surface area contributed by atoms with Crippen molar-refractivity contribution in [3.05, 3.63) is 56.3 Å². The van der Waals surface area contributed by atoms with Crippen LogP contribution in [0.5, 0.6) is 0 Å². The standard InChI is InChI=1S/C6H8N2.C6H7N/c1-2-8-5-3-7-4-6-8;1-2-7-5-3-4-6-7/h2-5H,1,6H2;2-6H,1H2. The van der Waals surface area contributed by atoms with Gasteiger partial charge in [0.25, 0.3) is 0 Å². The Balaban J connectivity index is 0.000000151. The monoisotopic (exact) mass is 201 g/mol. The maximum Gasteiger partial charge on any atom is 0.0573 e. The SMILES string of the molecule is C=CN1C=CN=CC1.C=Cn1cccc1. The fraction of sp³-hybridized carbons (Fsp3) is 0.0833. The molecule has 0 radical (unpaired) electrons. The van der Waals surface area contributed by atoms with Crippen LogP contribution in [-0.4, -0.2) is 22.2 Å². The van der Waals surface area contributed by atoms with Crippen LogP contribution in [0.3, 0.4) is 0 Å². The van der Waals surface area contributed by atoms with E-state index in [1.807, 2.05) is 46.4 Å². The Morgan fingerprint density at radius 2 is 1.87 bits per heavy atom. The molecular formula is C12H15N3. The first-order chi connectivity index (χ1) is 7.36. The van der Waals surface area contributed by atoms with Crippen LogP contribution in [-0.2, 0) is 0 Å². The van der Waals surface area contributed by atoms with Gasteiger partial charge >= 0.3 is 0 Å². The van der Waals surface area contributed by atoms with Crippen LogP contribution in [0.4, 0.5) is 0 Å². The summed E-state index contributed by atoms with van der Waals surface area (Å²) in [5.74, 6) is 0. The minimum absolute atomic E-state index is 0.847. The minimum atomic E-state index is 0.847. The van der Waals surface area contributed by atoms with E-state index in [-0.39, 0.29) is 0 Å². The summed E-state index contributed by atoms with van der Waals surface area (Å²) < 4.78 is 1.89. The van der Waals surface area contributed by atoms with Gasteiger partial charge in [-0.05, 0) is 18.3 Å². The Bertz CT molecular complexity index is 347. The van der Waals surface area contributed by atoms with E-state index in [1.54, 1.807) is 18.6 Å². The third-order valence-corrected chi connectivity index (χ3v) is 1.81. The summed E-state index contributed by atoms with van der Waals surface area (Å²) in [6, 6.07) is 3.92. The van der Waals surface area contributed by atoms with E-state index < -0.39 is 0 Å². The molecule has 0 saturated heterocycles. The van der Waals surface area contributed by atoms with Gasteiger partial charge < -0.3 is 9.47 Å². The first-order valence-corrected chi connectivity index (χ1v) is 4.68. The van der Waals surface area contributed by atoms with Crippen LogP contribution < -0.4 is 0 Å². The molecule has 1 aromatic rings. The molecule has 0 aromatic carbocycles. The molecule has 0 atom stereocenters. The average molecular weight is 201 g/mol. The second kappa shape index (κ2) is 6.43. The molecule has 0 unspecified atom stereocenters. The third-order valence-electron chi connectivity index (χ3n) is 1.81. The quantitative estimate of drug-likeness (QED) is 0.720. The highest BCUT2D eigenvalue weighted by atomic mass is 15.1. The first-order valence-electron chi connectivity index (χ1n) is 4.68. The average Bonchev–Trinajstić information content (AvgIpc) is 2.84. The van der Waals surface area contributed by atoms with Gasteiger partial charge in [-0.15, -0.1) is 0 Å². The fourth-order valence-corrected chi connectivity index (χ4v) is 0.992. The largest absolute Gasteiger partial charge is 0.348 e. The Hall–Kier alpha value is -2.03. The lowest BCUT2D eigenvalue weighted by molar-refractivity contribution is 0.581. The van der Waals surface area contributed by atoms with Crippen molar-refractivity contribution in [1.29, 1.82) is 0 Å². The van der Waals surface area contributed by atoms with Crippen molar-refractivity contribution in [2.75, 3.05) is 6.54 Å². The van der Waals surface area contributed by atoms with Gasteiger partial charge in [0.1, 0.15) is 0 Å². The molecule has 0 saturated carbocycles. The van der Waals surface area contributed by atoms with Gasteiger partial charge in [0, 0.05) is 37.2 Å². The van der Waals surface area contributed by atoms with Crippen molar-refractivity contribution in [3.63, 3.8) is 0 Å². The summed E-state index contributed by atoms with van der Waals surface area (Å²) in [5.41, 5.74) is 0. The van der Waals surface area contributed by atoms with E-state index in [2.05, 4.69) is 18.2 Å². The molecule has 0 bridgehead atoms. The van der Waals surface area contributed by atoms with Gasteiger partial charge in [-0.2, -0.15) is 0 Å². The molecule has 78 valence electrons. The summed E-state index contributed by atoms with van der Waals surface area (Å²) in [7, 11) is 0. The van der Waals surface area contributed by atoms with Gasteiger partial charge in [0.15, 0.2) is 0 Å². The molecule has 3 heteroatoms. The van der Waals surface area contributed by atoms with Crippen LogP contribution in [0.2, 0.25) is 0 Å². The van der Waals surface area contributed by atoms with E-state index in [0.29, 0.717) is 0 Å². The van der Waals surface area contributed by atoms with Crippen molar-refractivity contribution in [2.24, 2.45) is 4.99 Å². The lowest BCUT2D eigenvalue weighted by Crippen LogP contribution is -2.13. The summed E-state index contributed by atoms with van der Waals surface area (Å²) in [6.45, 7) is 8.01. The van der Waals surface area contributed by atoms with E-state index in [9.17, 15) is 0 Å². The highest BCUT2D eigenvalue weighted by Gasteiger charge is 1.90. The van der Waals surface area contributed by atoms with Crippen LogP contribution in [0.1, 0.15) is 0 Å². The van der Waals surface area contributed by atoms with Gasteiger partial charge in [0.05, 0.1) is 6.54 Å². The predicted molar refractivity (Wildman–Crippen MR) is 65.4 cm³/mol. The van der Waals surface area contributed by atoms with Crippen LogP contribution >= 0.6 is 0 Å². The van der Waals surface area contributed by atoms with Crippen molar-refractivity contribution < 1.29 is 0 Å². The smallest absolute Gasteiger partial charge is 0.0573 e. The third kappa shape index (κ3) is 4.13. The van der Waals surface area contributed by atoms with E-state index in [4.69, 9.17) is 0 Å². The fourth-order valence-electron chi connectivity index (χ4n) is 0.992. The lowest BCUT2D eigenvalue weighted by Gasteiger charge is -2.12. The summed E-state index contributed by atoms with van der Waals surface area (Å²) in [5, 5.41) is 0. The second-order valence-corrected chi connectivity index (χ2v) is 2.82. The van der Waals surface area contributed by atoms with Crippen LogP contribution in [0, 0.1) is 0 Å². The van der Waals surface area contributed by atoms with Crippen LogP contribution in [0.25, 0.3) is 6.20 Å². The van der Waals surface area contributed by atoms with Crippen molar-refractivity contribution in [2.45, 2.75) is 0 Å². The maximum absolute atomic E-state index is 3.88. The highest BCUT2D eigenvalue weighted by Crippen LogP contribution is 1.92. The number of hydrogen-bond acceptors (Lipinski definition) is 2. The zero-order valence-electron chi connectivity index (χ0n) is 8.66. The molecule has 0 fully saturated rings. The molecule has 2 rings (SSSR count). The summed E-state index contributed by atoms with van der Waals surface area (Å²) in [4.78, 5) is 5.83. The zero-order valence-corrected chi connectivity index (χ0v) is 8.66.